The Morgan fingerprint density at radius 1 is 0.404 bits per heavy atom. The van der Waals surface area contributed by atoms with Crippen molar-refractivity contribution in [2.75, 3.05) is 0 Å². The lowest BCUT2D eigenvalue weighted by Crippen LogP contribution is -2.10. The number of rotatable bonds is 6. The SMILES string of the molecule is Cn1c2ccccc2c2cc(-c3ccc(-c4ccc(C5C=CC(c6ccc(-c7ccc(-c8ccc9c(c8)c8ccccc8n9C)s7)s6)c6nsnc65)s4)s3)ccc21. The van der Waals surface area contributed by atoms with Crippen molar-refractivity contribution in [1.82, 2.24) is 17.9 Å². The van der Waals surface area contributed by atoms with Crippen molar-refractivity contribution >= 4 is 101 Å². The molecule has 7 aromatic heterocycles. The van der Waals surface area contributed by atoms with Crippen molar-refractivity contribution in [3.05, 3.63) is 167 Å². The summed E-state index contributed by atoms with van der Waals surface area (Å²) in [5.41, 5.74) is 9.78. The summed E-state index contributed by atoms with van der Waals surface area (Å²) < 4.78 is 14.4. The van der Waals surface area contributed by atoms with Gasteiger partial charge in [0.1, 0.15) is 0 Å². The van der Waals surface area contributed by atoms with Crippen LogP contribution in [0.2, 0.25) is 0 Å². The molecule has 0 spiro atoms. The average molecular weight is 825 g/mol. The van der Waals surface area contributed by atoms with Gasteiger partial charge >= 0.3 is 0 Å². The molecule has 11 aromatic rings. The second kappa shape index (κ2) is 13.1. The van der Waals surface area contributed by atoms with Gasteiger partial charge in [0.25, 0.3) is 0 Å². The fourth-order valence-electron chi connectivity index (χ4n) is 8.70. The van der Waals surface area contributed by atoms with Gasteiger partial charge in [-0.15, -0.1) is 45.3 Å². The summed E-state index contributed by atoms with van der Waals surface area (Å²) in [4.78, 5) is 10.4. The molecule has 4 nitrogen and oxygen atoms in total. The Morgan fingerprint density at radius 3 is 1.30 bits per heavy atom. The number of nitrogens with zero attached hydrogens (tertiary/aromatic N) is 4. The first kappa shape index (κ1) is 33.7. The normalized spacial score (nSPS) is 15.5. The molecule has 0 aliphatic heterocycles. The number of thiophene rings is 4. The summed E-state index contributed by atoms with van der Waals surface area (Å²) in [7, 11) is 4.31. The molecule has 0 radical (unpaired) electrons. The van der Waals surface area contributed by atoms with Crippen molar-refractivity contribution in [1.29, 1.82) is 0 Å². The number of para-hydroxylation sites is 2. The third-order valence-electron chi connectivity index (χ3n) is 11.6. The van der Waals surface area contributed by atoms with E-state index in [1.165, 1.54) is 105 Å². The minimum atomic E-state index is 0.111. The maximum atomic E-state index is 4.90. The standard InChI is InChI=1S/C48H32N4S5/c1-51-35-9-5-3-7-29(35)33-25-27(11-15-37(33)51)39-17-21-43(53-39)45-23-19-41(55-45)31-13-14-32(48-47(31)49-57-50-48)42-20-24-46(56-42)44-22-18-40(54-44)28-12-16-38-34(26-28)30-8-4-6-10-36(30)52(38)2/h3-26,31-32H,1-2H3. The van der Waals surface area contributed by atoms with Gasteiger partial charge < -0.3 is 9.13 Å². The van der Waals surface area contributed by atoms with Crippen LogP contribution in [0.3, 0.4) is 0 Å². The molecule has 0 amide bonds. The van der Waals surface area contributed by atoms with Crippen LogP contribution in [0.15, 0.2) is 146 Å². The van der Waals surface area contributed by atoms with Crippen molar-refractivity contribution in [2.24, 2.45) is 14.1 Å². The average Bonchev–Trinajstić information content (AvgIpc) is 4.11. The van der Waals surface area contributed by atoms with Gasteiger partial charge in [-0.2, -0.15) is 8.75 Å². The molecule has 2 unspecified atom stereocenters. The molecule has 1 aliphatic rings. The van der Waals surface area contributed by atoms with Crippen LogP contribution < -0.4 is 0 Å². The fourth-order valence-corrected chi connectivity index (χ4v) is 13.7. The second-order valence-corrected chi connectivity index (χ2v) is 19.6. The minimum Gasteiger partial charge on any atom is -0.344 e. The second-order valence-electron chi connectivity index (χ2n) is 14.7. The third-order valence-corrected chi connectivity index (χ3v) is 17.1. The van der Waals surface area contributed by atoms with Gasteiger partial charge in [0, 0.05) is 96.7 Å². The predicted molar refractivity (Wildman–Crippen MR) is 247 cm³/mol. The van der Waals surface area contributed by atoms with Gasteiger partial charge in [-0.3, -0.25) is 0 Å². The van der Waals surface area contributed by atoms with E-state index in [-0.39, 0.29) is 11.8 Å². The van der Waals surface area contributed by atoms with Crippen LogP contribution in [0.25, 0.3) is 84.0 Å². The van der Waals surface area contributed by atoms with Crippen LogP contribution in [0.1, 0.15) is 33.0 Å². The summed E-state index contributed by atoms with van der Waals surface area (Å²) in [6.07, 6.45) is 4.71. The van der Waals surface area contributed by atoms with E-state index in [0.29, 0.717) is 0 Å². The van der Waals surface area contributed by atoms with Crippen LogP contribution in [0.5, 0.6) is 0 Å². The Bertz CT molecular complexity index is 3150. The highest BCUT2D eigenvalue weighted by molar-refractivity contribution is 7.24. The highest BCUT2D eigenvalue weighted by Gasteiger charge is 2.31. The largest absolute Gasteiger partial charge is 0.344 e. The number of allylic oxidation sites excluding steroid dienone is 2. The molecule has 0 N–H and O–H groups in total. The van der Waals surface area contributed by atoms with E-state index in [0.717, 1.165) is 11.4 Å². The topological polar surface area (TPSA) is 35.6 Å². The molecule has 0 bridgehead atoms. The van der Waals surface area contributed by atoms with Crippen molar-refractivity contribution in [3.8, 4) is 40.4 Å². The lowest BCUT2D eigenvalue weighted by Gasteiger charge is -2.20. The van der Waals surface area contributed by atoms with Gasteiger partial charge in [0.15, 0.2) is 0 Å². The summed E-state index contributed by atoms with van der Waals surface area (Å²) in [5, 5.41) is 5.22. The smallest absolute Gasteiger partial charge is 0.0905 e. The van der Waals surface area contributed by atoms with E-state index in [1.807, 2.05) is 45.3 Å². The van der Waals surface area contributed by atoms with E-state index in [4.69, 9.17) is 8.75 Å². The number of aromatic nitrogens is 4. The Labute approximate surface area is 349 Å². The number of benzene rings is 4. The summed E-state index contributed by atoms with van der Waals surface area (Å²) in [6.45, 7) is 0. The molecular weight excluding hydrogens is 793 g/mol. The number of hydrogen-bond donors (Lipinski definition) is 0. The van der Waals surface area contributed by atoms with Gasteiger partial charge in [-0.25, -0.2) is 0 Å². The van der Waals surface area contributed by atoms with Crippen molar-refractivity contribution < 1.29 is 0 Å². The molecule has 2 atom stereocenters. The Balaban J connectivity index is 0.794. The van der Waals surface area contributed by atoms with Crippen LogP contribution in [-0.2, 0) is 14.1 Å². The monoisotopic (exact) mass is 824 g/mol. The van der Waals surface area contributed by atoms with Crippen LogP contribution in [0.4, 0.5) is 0 Å². The molecule has 7 heterocycles. The molecule has 4 aromatic carbocycles. The molecule has 0 saturated heterocycles. The molecule has 1 aliphatic carbocycles. The van der Waals surface area contributed by atoms with Gasteiger partial charge in [-0.1, -0.05) is 60.7 Å². The van der Waals surface area contributed by atoms with Crippen molar-refractivity contribution in [3.63, 3.8) is 0 Å². The minimum absolute atomic E-state index is 0.111. The van der Waals surface area contributed by atoms with Gasteiger partial charge in [-0.05, 0) is 96.1 Å². The molecule has 0 saturated carbocycles. The van der Waals surface area contributed by atoms with Crippen LogP contribution in [-0.4, -0.2) is 17.9 Å². The van der Waals surface area contributed by atoms with E-state index >= 15 is 0 Å². The lowest BCUT2D eigenvalue weighted by molar-refractivity contribution is 0.867. The Morgan fingerprint density at radius 2 is 0.807 bits per heavy atom. The van der Waals surface area contributed by atoms with E-state index in [9.17, 15) is 0 Å². The highest BCUT2D eigenvalue weighted by Crippen LogP contribution is 2.47. The molecule has 57 heavy (non-hydrogen) atoms. The zero-order valence-electron chi connectivity index (χ0n) is 30.8. The molecule has 0 fully saturated rings. The Kier molecular flexibility index (Phi) is 7.72. The van der Waals surface area contributed by atoms with E-state index < -0.39 is 0 Å². The van der Waals surface area contributed by atoms with Crippen molar-refractivity contribution in [2.45, 2.75) is 11.8 Å². The van der Waals surface area contributed by atoms with Crippen LogP contribution >= 0.6 is 57.1 Å². The van der Waals surface area contributed by atoms with Gasteiger partial charge in [0.2, 0.25) is 0 Å². The quantitative estimate of drug-likeness (QED) is 0.157. The third kappa shape index (κ3) is 5.34. The zero-order chi connectivity index (χ0) is 37.8. The van der Waals surface area contributed by atoms with E-state index in [1.54, 1.807) is 0 Å². The maximum Gasteiger partial charge on any atom is 0.0905 e. The maximum absolute atomic E-state index is 4.90. The summed E-state index contributed by atoms with van der Waals surface area (Å²) in [6, 6.07) is 49.4. The molecular formula is C48H32N4S5. The molecule has 12 rings (SSSR count). The summed E-state index contributed by atoms with van der Waals surface area (Å²) >= 11 is 8.82. The summed E-state index contributed by atoms with van der Waals surface area (Å²) in [5.74, 6) is 0.223. The number of fused-ring (bicyclic) bond motifs is 7. The molecule has 9 heteroatoms. The number of aryl methyl sites for hydroxylation is 2. The fraction of sp³-hybridized carbons (Fsp3) is 0.0833. The molecule has 274 valence electrons. The Hall–Kier alpha value is -5.42. The van der Waals surface area contributed by atoms with E-state index in [2.05, 4.69) is 169 Å². The predicted octanol–water partition coefficient (Wildman–Crippen LogP) is 14.6. The number of hydrogen-bond acceptors (Lipinski definition) is 7. The highest BCUT2D eigenvalue weighted by atomic mass is 32.1. The van der Waals surface area contributed by atoms with Crippen LogP contribution in [0, 0.1) is 0 Å². The van der Waals surface area contributed by atoms with Gasteiger partial charge in [0.05, 0.1) is 35.0 Å². The lowest BCUT2D eigenvalue weighted by atomic mass is 9.87. The zero-order valence-corrected chi connectivity index (χ0v) is 34.9. The first-order valence-corrected chi connectivity index (χ1v) is 22.9. The first-order chi connectivity index (χ1) is 28.1. The first-order valence-electron chi connectivity index (χ1n) is 18.9.